The molecule has 3 N–H and O–H groups in total. The molecule has 7 heteroatoms. The summed E-state index contributed by atoms with van der Waals surface area (Å²) in [5, 5.41) is 15.4. The van der Waals surface area contributed by atoms with Crippen LogP contribution in [0.3, 0.4) is 0 Å². The lowest BCUT2D eigenvalue weighted by atomic mass is 10.0. The van der Waals surface area contributed by atoms with E-state index in [0.29, 0.717) is 34.0 Å². The van der Waals surface area contributed by atoms with E-state index < -0.39 is 12.0 Å². The third-order valence-electron chi connectivity index (χ3n) is 6.10. The Morgan fingerprint density at radius 1 is 0.789 bits per heavy atom. The second-order valence-corrected chi connectivity index (χ2v) is 8.78. The highest BCUT2D eigenvalue weighted by molar-refractivity contribution is 6.01. The number of aromatic carboxylic acids is 1. The van der Waals surface area contributed by atoms with Gasteiger partial charge in [0.1, 0.15) is 17.1 Å². The first kappa shape index (κ1) is 26.3. The third-order valence-corrected chi connectivity index (χ3v) is 6.10. The number of anilines is 2. The number of carbonyl (C=O) groups is 2. The highest BCUT2D eigenvalue weighted by Gasteiger charge is 2.16. The molecule has 4 rings (SSSR count). The Morgan fingerprint density at radius 3 is 2.16 bits per heavy atom. The number of rotatable bonds is 9. The summed E-state index contributed by atoms with van der Waals surface area (Å²) in [6, 6.07) is 25.2. The van der Waals surface area contributed by atoms with Gasteiger partial charge in [-0.3, -0.25) is 0 Å². The summed E-state index contributed by atoms with van der Waals surface area (Å²) in [5.74, 6) is 0.350. The number of hydrogen-bond donors (Lipinski definition) is 3. The van der Waals surface area contributed by atoms with Crippen LogP contribution in [0.1, 0.15) is 34.8 Å². The minimum atomic E-state index is -1.09. The van der Waals surface area contributed by atoms with E-state index in [4.69, 9.17) is 9.47 Å². The number of aryl methyl sites for hydroxylation is 2. The Morgan fingerprint density at radius 2 is 1.45 bits per heavy atom. The predicted octanol–water partition coefficient (Wildman–Crippen LogP) is 7.76. The van der Waals surface area contributed by atoms with E-state index in [2.05, 4.69) is 17.6 Å². The first-order chi connectivity index (χ1) is 18.4. The van der Waals surface area contributed by atoms with Gasteiger partial charge in [0.2, 0.25) is 0 Å². The molecule has 4 aromatic carbocycles. The monoisotopic (exact) mass is 510 g/mol. The Bertz CT molecular complexity index is 1460. The van der Waals surface area contributed by atoms with Crippen LogP contribution >= 0.6 is 0 Å². The molecule has 0 bridgehead atoms. The van der Waals surface area contributed by atoms with E-state index in [1.807, 2.05) is 61.5 Å². The molecule has 0 aliphatic rings. The molecule has 0 saturated carbocycles. The van der Waals surface area contributed by atoms with Crippen LogP contribution in [0.2, 0.25) is 0 Å². The van der Waals surface area contributed by atoms with Crippen molar-refractivity contribution in [2.24, 2.45) is 0 Å². The summed E-state index contributed by atoms with van der Waals surface area (Å²) in [6.45, 7) is 4.02. The molecule has 0 radical (unpaired) electrons. The van der Waals surface area contributed by atoms with E-state index in [0.717, 1.165) is 24.0 Å². The molecule has 7 nitrogen and oxygen atoms in total. The Hall–Kier alpha value is -4.78. The van der Waals surface area contributed by atoms with Gasteiger partial charge >= 0.3 is 12.0 Å². The molecule has 0 heterocycles. The van der Waals surface area contributed by atoms with Crippen molar-refractivity contribution in [2.75, 3.05) is 17.7 Å². The van der Waals surface area contributed by atoms with Crippen LogP contribution < -0.4 is 20.1 Å². The lowest BCUT2D eigenvalue weighted by Gasteiger charge is -2.17. The highest BCUT2D eigenvalue weighted by atomic mass is 16.5. The molecule has 0 aromatic heterocycles. The van der Waals surface area contributed by atoms with Crippen LogP contribution in [0.25, 0.3) is 11.1 Å². The van der Waals surface area contributed by atoms with Crippen molar-refractivity contribution >= 4 is 23.4 Å². The molecule has 0 atom stereocenters. The van der Waals surface area contributed by atoms with Gasteiger partial charge < -0.3 is 25.2 Å². The molecule has 194 valence electrons. The summed E-state index contributed by atoms with van der Waals surface area (Å²) in [5.41, 5.74) is 4.53. The topological polar surface area (TPSA) is 96.9 Å². The Labute approximate surface area is 222 Å². The van der Waals surface area contributed by atoms with Crippen molar-refractivity contribution in [2.45, 2.75) is 26.7 Å². The number of urea groups is 1. The number of ether oxygens (including phenoxy) is 2. The number of carbonyl (C=O) groups excluding carboxylic acids is 1. The first-order valence-electron chi connectivity index (χ1n) is 12.3. The maximum Gasteiger partial charge on any atom is 0.339 e. The van der Waals surface area contributed by atoms with Gasteiger partial charge in [-0.25, -0.2) is 9.59 Å². The number of carboxylic acids is 1. The number of carboxylic acid groups (broad SMARTS) is 1. The van der Waals surface area contributed by atoms with Gasteiger partial charge in [-0.15, -0.1) is 0 Å². The second kappa shape index (κ2) is 12.0. The van der Waals surface area contributed by atoms with E-state index in [1.54, 1.807) is 30.3 Å². The van der Waals surface area contributed by atoms with Gasteiger partial charge in [-0.05, 0) is 72.0 Å². The highest BCUT2D eigenvalue weighted by Crippen LogP contribution is 2.36. The molecule has 0 spiro atoms. The summed E-state index contributed by atoms with van der Waals surface area (Å²) >= 11 is 0. The lowest BCUT2D eigenvalue weighted by molar-refractivity contribution is 0.0693. The first-order valence-corrected chi connectivity index (χ1v) is 12.3. The Balaban J connectivity index is 1.72. The summed E-state index contributed by atoms with van der Waals surface area (Å²) in [6.07, 6.45) is 1.82. The fourth-order valence-electron chi connectivity index (χ4n) is 4.14. The third kappa shape index (κ3) is 6.13. The average molecular weight is 511 g/mol. The van der Waals surface area contributed by atoms with Crippen LogP contribution in [-0.2, 0) is 6.42 Å². The van der Waals surface area contributed by atoms with Crippen molar-refractivity contribution in [1.82, 2.24) is 0 Å². The van der Waals surface area contributed by atoms with Crippen molar-refractivity contribution in [3.8, 4) is 28.4 Å². The summed E-state index contributed by atoms with van der Waals surface area (Å²) < 4.78 is 11.5. The van der Waals surface area contributed by atoms with Gasteiger partial charge in [0.05, 0.1) is 12.8 Å². The molecule has 0 aliphatic carbocycles. The van der Waals surface area contributed by atoms with Crippen molar-refractivity contribution in [3.63, 3.8) is 0 Å². The molecular weight excluding hydrogens is 480 g/mol. The van der Waals surface area contributed by atoms with E-state index in [9.17, 15) is 14.7 Å². The van der Waals surface area contributed by atoms with Crippen LogP contribution in [0.4, 0.5) is 16.2 Å². The predicted molar refractivity (Wildman–Crippen MR) is 150 cm³/mol. The zero-order chi connectivity index (χ0) is 27.1. The zero-order valence-electron chi connectivity index (χ0n) is 21.6. The van der Waals surface area contributed by atoms with Crippen molar-refractivity contribution in [1.29, 1.82) is 0 Å². The number of methoxy groups -OCH3 is 1. The van der Waals surface area contributed by atoms with Gasteiger partial charge in [-0.1, -0.05) is 61.9 Å². The minimum Gasteiger partial charge on any atom is -0.496 e. The van der Waals surface area contributed by atoms with Crippen LogP contribution in [-0.4, -0.2) is 24.2 Å². The fraction of sp³-hybridized carbons (Fsp3) is 0.161. The fourth-order valence-corrected chi connectivity index (χ4v) is 4.14. The number of benzene rings is 4. The lowest BCUT2D eigenvalue weighted by Crippen LogP contribution is -2.20. The smallest absolute Gasteiger partial charge is 0.339 e. The maximum atomic E-state index is 13.0. The van der Waals surface area contributed by atoms with E-state index >= 15 is 0 Å². The number of para-hydroxylation sites is 2. The average Bonchev–Trinajstić information content (AvgIpc) is 2.91. The van der Waals surface area contributed by atoms with Gasteiger partial charge in [0.15, 0.2) is 5.75 Å². The largest absolute Gasteiger partial charge is 0.496 e. The normalized spacial score (nSPS) is 10.5. The molecule has 0 fully saturated rings. The van der Waals surface area contributed by atoms with Crippen molar-refractivity contribution < 1.29 is 24.2 Å². The molecule has 0 saturated heterocycles. The van der Waals surface area contributed by atoms with Crippen LogP contribution in [0.15, 0.2) is 84.9 Å². The quantitative estimate of drug-likeness (QED) is 0.214. The minimum absolute atomic E-state index is 0.0469. The van der Waals surface area contributed by atoms with E-state index in [-0.39, 0.29) is 11.3 Å². The standard InChI is InChI=1S/C31H30N2O5/c1-4-9-21-11-6-8-13-27(21)38-29-17-15-23(22-14-16-28(37-3)24(18-22)30(34)35)19-26(29)33-31(36)32-25-12-7-5-10-20(25)2/h5-8,10-19H,4,9H2,1-3H3,(H,34,35)(H2,32,33,36). The van der Waals surface area contributed by atoms with Crippen LogP contribution in [0.5, 0.6) is 17.2 Å². The van der Waals surface area contributed by atoms with Gasteiger partial charge in [0.25, 0.3) is 0 Å². The van der Waals surface area contributed by atoms with Gasteiger partial charge in [0, 0.05) is 5.69 Å². The number of hydrogen-bond acceptors (Lipinski definition) is 4. The molecule has 2 amide bonds. The number of nitrogens with one attached hydrogen (secondary N) is 2. The SMILES string of the molecule is CCCc1ccccc1Oc1ccc(-c2ccc(OC)c(C(=O)O)c2)cc1NC(=O)Nc1ccccc1C. The van der Waals surface area contributed by atoms with Crippen LogP contribution in [0, 0.1) is 6.92 Å². The molecule has 0 aliphatic heterocycles. The second-order valence-electron chi connectivity index (χ2n) is 8.78. The number of amides is 2. The molecular formula is C31H30N2O5. The maximum absolute atomic E-state index is 13.0. The molecule has 4 aromatic rings. The Kier molecular flexibility index (Phi) is 8.28. The van der Waals surface area contributed by atoms with E-state index in [1.165, 1.54) is 7.11 Å². The van der Waals surface area contributed by atoms with Gasteiger partial charge in [-0.2, -0.15) is 0 Å². The molecule has 38 heavy (non-hydrogen) atoms. The molecule has 0 unspecified atom stereocenters. The summed E-state index contributed by atoms with van der Waals surface area (Å²) in [4.78, 5) is 24.8. The summed E-state index contributed by atoms with van der Waals surface area (Å²) in [7, 11) is 1.43. The van der Waals surface area contributed by atoms with Crippen molar-refractivity contribution in [3.05, 3.63) is 102 Å². The zero-order valence-corrected chi connectivity index (χ0v) is 21.6.